The largest absolute Gasteiger partial charge is 1.00 e. The molecule has 1 aliphatic rings. The van der Waals surface area contributed by atoms with Crippen molar-refractivity contribution in [2.45, 2.75) is 27.2 Å². The van der Waals surface area contributed by atoms with Crippen LogP contribution in [-0.4, -0.2) is 3.71 Å². The summed E-state index contributed by atoms with van der Waals surface area (Å²) in [6.07, 6.45) is 1.05. The van der Waals surface area contributed by atoms with Gasteiger partial charge >= 0.3 is 34.9 Å². The van der Waals surface area contributed by atoms with Gasteiger partial charge in [0.05, 0.1) is 0 Å². The number of fused-ring (bicyclic) bond motifs is 3. The molecule has 0 atom stereocenters. The van der Waals surface area contributed by atoms with E-state index in [0.29, 0.717) is 0 Å². The second-order valence-electron chi connectivity index (χ2n) is 5.65. The molecule has 0 saturated heterocycles. The molecule has 0 unspecified atom stereocenters. The number of halogens is 2. The number of hydrogen-bond donors (Lipinski definition) is 0. The van der Waals surface area contributed by atoms with Crippen LogP contribution in [0.3, 0.4) is 0 Å². The molecule has 3 aromatic carbocycles. The van der Waals surface area contributed by atoms with E-state index < -0.39 is 0 Å². The first kappa shape index (κ1) is 24.1. The quantitative estimate of drug-likeness (QED) is 0.317. The molecule has 1 aliphatic carbocycles. The average Bonchev–Trinajstić information content (AvgIpc) is 3.11. The van der Waals surface area contributed by atoms with E-state index in [1.807, 2.05) is 13.0 Å². The summed E-state index contributed by atoms with van der Waals surface area (Å²) in [5.74, 6) is 0. The predicted octanol–water partition coefficient (Wildman–Crippen LogP) is -0.556. The molecular weight excluding hydrogens is 426 g/mol. The second-order valence-corrected chi connectivity index (χ2v) is 7.07. The molecule has 3 heteroatoms. The van der Waals surface area contributed by atoms with Crippen LogP contribution < -0.4 is 24.8 Å². The maximum Gasteiger partial charge on any atom is -0.0253 e. The summed E-state index contributed by atoms with van der Waals surface area (Å²) in [4.78, 5) is 0. The van der Waals surface area contributed by atoms with Crippen molar-refractivity contribution in [3.05, 3.63) is 89.0 Å². The average molecular weight is 449 g/mol. The normalized spacial score (nSPS) is 9.64. The van der Waals surface area contributed by atoms with Crippen LogP contribution in [0.2, 0.25) is 0 Å². The van der Waals surface area contributed by atoms with Crippen LogP contribution >= 0.6 is 0 Å². The Morgan fingerprint density at radius 1 is 0.920 bits per heavy atom. The van der Waals surface area contributed by atoms with Gasteiger partial charge in [-0.3, -0.25) is 0 Å². The van der Waals surface area contributed by atoms with E-state index in [-0.39, 0.29) is 24.8 Å². The predicted molar refractivity (Wildman–Crippen MR) is 96.8 cm³/mol. The van der Waals surface area contributed by atoms with Crippen LogP contribution in [0.5, 0.6) is 0 Å². The SMILES string of the molecule is C[CH]=[Zr+2].Cc1ccc(C)[cH-]1.[Cl-].[Cl-].[c-]1cccc2c1Cc1ccccc1-2. The number of benzene rings is 2. The van der Waals surface area contributed by atoms with Gasteiger partial charge in [0.15, 0.2) is 0 Å². The topological polar surface area (TPSA) is 0 Å². The molecule has 4 rings (SSSR count). The third-order valence-corrected chi connectivity index (χ3v) is 3.68. The zero-order chi connectivity index (χ0) is 16.7. The minimum absolute atomic E-state index is 0. The van der Waals surface area contributed by atoms with E-state index in [1.165, 1.54) is 57.6 Å². The molecule has 25 heavy (non-hydrogen) atoms. The Labute approximate surface area is 179 Å². The van der Waals surface area contributed by atoms with Crippen molar-refractivity contribution in [3.63, 3.8) is 0 Å². The van der Waals surface area contributed by atoms with Crippen molar-refractivity contribution in [1.82, 2.24) is 0 Å². The number of rotatable bonds is 0. The maximum absolute atomic E-state index is 3.30. The van der Waals surface area contributed by atoms with Crippen LogP contribution in [0.4, 0.5) is 0 Å². The van der Waals surface area contributed by atoms with E-state index in [9.17, 15) is 0 Å². The smallest absolute Gasteiger partial charge is 0.0253 e. The molecule has 0 spiro atoms. The maximum atomic E-state index is 3.30. The van der Waals surface area contributed by atoms with Crippen molar-refractivity contribution < 1.29 is 49.0 Å². The Balaban J connectivity index is 0.000000415. The van der Waals surface area contributed by atoms with Crippen molar-refractivity contribution in [2.24, 2.45) is 0 Å². The van der Waals surface area contributed by atoms with E-state index in [4.69, 9.17) is 0 Å². The molecule has 0 radical (unpaired) electrons. The summed E-state index contributed by atoms with van der Waals surface area (Å²) in [6, 6.07) is 24.5. The Morgan fingerprint density at radius 2 is 1.48 bits per heavy atom. The van der Waals surface area contributed by atoms with Crippen molar-refractivity contribution >= 4 is 3.71 Å². The summed E-state index contributed by atoms with van der Waals surface area (Å²) in [7, 11) is 0. The minimum Gasteiger partial charge on any atom is -1.00 e. The van der Waals surface area contributed by atoms with Gasteiger partial charge in [0, 0.05) is 0 Å². The van der Waals surface area contributed by atoms with Crippen LogP contribution in [0.15, 0.2) is 60.7 Å². The van der Waals surface area contributed by atoms with Crippen LogP contribution in [0, 0.1) is 19.9 Å². The Kier molecular flexibility index (Phi) is 12.0. The third-order valence-electron chi connectivity index (χ3n) is 3.68. The van der Waals surface area contributed by atoms with E-state index in [1.54, 1.807) is 0 Å². The molecule has 0 N–H and O–H groups in total. The molecule has 0 heterocycles. The van der Waals surface area contributed by atoms with Gasteiger partial charge in [0.2, 0.25) is 0 Å². The first-order chi connectivity index (χ1) is 11.2. The van der Waals surface area contributed by atoms with Crippen molar-refractivity contribution in [2.75, 3.05) is 0 Å². The number of aryl methyl sites for hydroxylation is 2. The summed E-state index contributed by atoms with van der Waals surface area (Å²) >= 11 is 1.51. The molecule has 0 fully saturated rings. The van der Waals surface area contributed by atoms with Gasteiger partial charge in [-0.25, -0.2) is 12.1 Å². The fourth-order valence-electron chi connectivity index (χ4n) is 2.72. The molecule has 0 bridgehead atoms. The molecule has 0 amide bonds. The van der Waals surface area contributed by atoms with Crippen LogP contribution in [0.25, 0.3) is 11.1 Å². The summed E-state index contributed by atoms with van der Waals surface area (Å²) in [6.45, 7) is 6.25. The Hall–Kier alpha value is -0.877. The third kappa shape index (κ3) is 7.10. The van der Waals surface area contributed by atoms with Gasteiger partial charge < -0.3 is 24.8 Å². The standard InChI is InChI=1S/C13H9.C7H9.C2H4.2ClH.Zr/c1-3-7-12-10(5-1)9-11-6-2-4-8-13(11)12;1-6-3-4-7(2)5-6;1-2;;;/h1-5,7-8H,9H2;3-5H,1-2H3;1H,2H3;2*1H;/q2*-1;;;;+2/p-2. The molecule has 3 aromatic rings. The molecule has 0 aliphatic heterocycles. The Bertz CT molecular complexity index is 715. The number of hydrogen-bond acceptors (Lipinski definition) is 0. The molecule has 0 aromatic heterocycles. The molecule has 0 saturated carbocycles. The summed E-state index contributed by atoms with van der Waals surface area (Å²) in [5.41, 5.74) is 8.23. The molecule has 0 nitrogen and oxygen atoms in total. The first-order valence-electron chi connectivity index (χ1n) is 7.88. The van der Waals surface area contributed by atoms with Crippen molar-refractivity contribution in [3.8, 4) is 11.1 Å². The van der Waals surface area contributed by atoms with Gasteiger partial charge in [-0.05, 0) is 6.42 Å². The fraction of sp³-hybridized carbons (Fsp3) is 0.182. The minimum atomic E-state index is 0. The van der Waals surface area contributed by atoms with E-state index in [2.05, 4.69) is 78.2 Å². The molecular formula is C22H22Cl2Zr-2. The second kappa shape index (κ2) is 12.5. The van der Waals surface area contributed by atoms with Crippen LogP contribution in [-0.2, 0) is 30.7 Å². The summed E-state index contributed by atoms with van der Waals surface area (Å²) < 4.78 is 2.09. The monoisotopic (exact) mass is 446 g/mol. The zero-order valence-corrected chi connectivity index (χ0v) is 18.8. The van der Waals surface area contributed by atoms with E-state index in [0.717, 1.165) is 6.42 Å². The van der Waals surface area contributed by atoms with Gasteiger partial charge in [-0.1, -0.05) is 49.2 Å². The van der Waals surface area contributed by atoms with Gasteiger partial charge in [0.25, 0.3) is 0 Å². The fourth-order valence-corrected chi connectivity index (χ4v) is 2.72. The van der Waals surface area contributed by atoms with E-state index >= 15 is 0 Å². The van der Waals surface area contributed by atoms with Gasteiger partial charge in [0.1, 0.15) is 0 Å². The van der Waals surface area contributed by atoms with Crippen molar-refractivity contribution in [1.29, 1.82) is 0 Å². The first-order valence-corrected chi connectivity index (χ1v) is 9.30. The Morgan fingerprint density at radius 3 is 2.04 bits per heavy atom. The van der Waals surface area contributed by atoms with Gasteiger partial charge in [-0.15, -0.1) is 5.56 Å². The zero-order valence-electron chi connectivity index (χ0n) is 14.8. The summed E-state index contributed by atoms with van der Waals surface area (Å²) in [5, 5.41) is 0. The van der Waals surface area contributed by atoms with Crippen LogP contribution in [0.1, 0.15) is 29.2 Å². The van der Waals surface area contributed by atoms with Gasteiger partial charge in [-0.2, -0.15) is 47.0 Å². The molecule has 130 valence electrons.